The van der Waals surface area contributed by atoms with Gasteiger partial charge in [-0.2, -0.15) is 0 Å². The molecule has 0 spiro atoms. The van der Waals surface area contributed by atoms with Crippen molar-refractivity contribution in [2.24, 2.45) is 0 Å². The smallest absolute Gasteiger partial charge is 0.273 e. The van der Waals surface area contributed by atoms with E-state index >= 15 is 0 Å². The van der Waals surface area contributed by atoms with Crippen molar-refractivity contribution in [1.29, 1.82) is 0 Å². The molecule has 2 rings (SSSR count). The number of carbonyl (C=O) groups excluding carboxylic acids is 1. The Balaban J connectivity index is 1.62. The van der Waals surface area contributed by atoms with Gasteiger partial charge in [0.25, 0.3) is 5.91 Å². The maximum absolute atomic E-state index is 11.7. The lowest BCUT2D eigenvalue weighted by Gasteiger charge is -2.03. The third-order valence-electron chi connectivity index (χ3n) is 2.73. The van der Waals surface area contributed by atoms with E-state index in [2.05, 4.69) is 15.8 Å². The minimum atomic E-state index is -0.201. The van der Waals surface area contributed by atoms with Crippen molar-refractivity contribution in [1.82, 2.24) is 15.8 Å². The lowest BCUT2D eigenvalue weighted by atomic mass is 10.3. The summed E-state index contributed by atoms with van der Waals surface area (Å²) in [6.07, 6.45) is 3.49. The quantitative estimate of drug-likeness (QED) is 0.667. The van der Waals surface area contributed by atoms with Gasteiger partial charge in [0.2, 0.25) is 0 Å². The van der Waals surface area contributed by atoms with Crippen LogP contribution in [0.25, 0.3) is 0 Å². The van der Waals surface area contributed by atoms with Crippen molar-refractivity contribution in [2.45, 2.75) is 31.9 Å². The molecular formula is C12H19N3O3. The maximum atomic E-state index is 11.7. The molecule has 1 heterocycles. The Morgan fingerprint density at radius 1 is 1.56 bits per heavy atom. The number of nitrogens with zero attached hydrogens (tertiary/aromatic N) is 1. The minimum absolute atomic E-state index is 0.201. The Bertz CT molecular complexity index is 388. The van der Waals surface area contributed by atoms with Crippen LogP contribution < -0.4 is 10.6 Å². The number of nitrogens with one attached hydrogen (secondary N) is 2. The highest BCUT2D eigenvalue weighted by molar-refractivity contribution is 5.92. The minimum Gasteiger partial charge on any atom is -0.377 e. The summed E-state index contributed by atoms with van der Waals surface area (Å²) in [7, 11) is 1.56. The topological polar surface area (TPSA) is 76.4 Å². The van der Waals surface area contributed by atoms with Gasteiger partial charge in [-0.25, -0.2) is 0 Å². The summed E-state index contributed by atoms with van der Waals surface area (Å²) < 4.78 is 9.83. The second-order valence-corrected chi connectivity index (χ2v) is 4.45. The predicted octanol–water partition coefficient (Wildman–Crippen LogP) is 0.693. The molecule has 0 radical (unpaired) electrons. The van der Waals surface area contributed by atoms with E-state index in [1.54, 1.807) is 13.2 Å². The Morgan fingerprint density at radius 2 is 2.39 bits per heavy atom. The van der Waals surface area contributed by atoms with E-state index in [0.717, 1.165) is 13.0 Å². The molecule has 100 valence electrons. The number of hydrogen-bond acceptors (Lipinski definition) is 5. The van der Waals surface area contributed by atoms with Gasteiger partial charge in [0.15, 0.2) is 11.5 Å². The molecule has 1 aliphatic rings. The molecule has 0 saturated heterocycles. The number of aromatic nitrogens is 1. The molecule has 1 aromatic rings. The van der Waals surface area contributed by atoms with Crippen LogP contribution in [0, 0.1) is 0 Å². The monoisotopic (exact) mass is 253 g/mol. The first-order valence-electron chi connectivity index (χ1n) is 6.25. The SMILES string of the molecule is COCc1cc(C(=O)NCCCNC2CC2)no1. The van der Waals surface area contributed by atoms with Crippen molar-refractivity contribution in [3.63, 3.8) is 0 Å². The van der Waals surface area contributed by atoms with Crippen molar-refractivity contribution in [3.8, 4) is 0 Å². The van der Waals surface area contributed by atoms with E-state index in [9.17, 15) is 4.79 Å². The van der Waals surface area contributed by atoms with Gasteiger partial charge in [-0.1, -0.05) is 5.16 Å². The molecule has 0 unspecified atom stereocenters. The number of carbonyl (C=O) groups is 1. The fourth-order valence-corrected chi connectivity index (χ4v) is 1.60. The van der Waals surface area contributed by atoms with Crippen LogP contribution in [0.15, 0.2) is 10.6 Å². The van der Waals surface area contributed by atoms with Crippen LogP contribution in [0.1, 0.15) is 35.5 Å². The van der Waals surface area contributed by atoms with Crippen LogP contribution in [-0.2, 0) is 11.3 Å². The highest BCUT2D eigenvalue weighted by Crippen LogP contribution is 2.18. The Kier molecular flexibility index (Phi) is 4.72. The lowest BCUT2D eigenvalue weighted by Crippen LogP contribution is -2.28. The largest absolute Gasteiger partial charge is 0.377 e. The van der Waals surface area contributed by atoms with Gasteiger partial charge in [0.05, 0.1) is 0 Å². The average Bonchev–Trinajstić information content (AvgIpc) is 3.07. The molecule has 18 heavy (non-hydrogen) atoms. The first-order valence-corrected chi connectivity index (χ1v) is 6.25. The normalized spacial score (nSPS) is 14.7. The Morgan fingerprint density at radius 3 is 3.11 bits per heavy atom. The number of rotatable bonds is 8. The van der Waals surface area contributed by atoms with Crippen molar-refractivity contribution in [2.75, 3.05) is 20.2 Å². The van der Waals surface area contributed by atoms with Gasteiger partial charge in [-0.15, -0.1) is 0 Å². The average molecular weight is 253 g/mol. The van der Waals surface area contributed by atoms with Gasteiger partial charge < -0.3 is 19.9 Å². The van der Waals surface area contributed by atoms with Gasteiger partial charge in [0, 0.05) is 25.8 Å². The van der Waals surface area contributed by atoms with Crippen molar-refractivity contribution in [3.05, 3.63) is 17.5 Å². The van der Waals surface area contributed by atoms with E-state index in [1.807, 2.05) is 0 Å². The number of hydrogen-bond donors (Lipinski definition) is 2. The van der Waals surface area contributed by atoms with Crippen LogP contribution in [0.2, 0.25) is 0 Å². The highest BCUT2D eigenvalue weighted by atomic mass is 16.5. The molecule has 1 aromatic heterocycles. The van der Waals surface area contributed by atoms with Crippen LogP contribution in [-0.4, -0.2) is 37.3 Å². The molecule has 1 fully saturated rings. The first-order chi connectivity index (χ1) is 8.79. The van der Waals surface area contributed by atoms with Crippen molar-refractivity contribution < 1.29 is 14.1 Å². The maximum Gasteiger partial charge on any atom is 0.273 e. The van der Waals surface area contributed by atoms with E-state index in [1.165, 1.54) is 12.8 Å². The first kappa shape index (κ1) is 13.0. The van der Waals surface area contributed by atoms with E-state index < -0.39 is 0 Å². The van der Waals surface area contributed by atoms with Crippen LogP contribution in [0.5, 0.6) is 0 Å². The molecule has 0 aliphatic heterocycles. The summed E-state index contributed by atoms with van der Waals surface area (Å²) in [5.74, 6) is 0.352. The van der Waals surface area contributed by atoms with Gasteiger partial charge in [0.1, 0.15) is 6.61 Å². The van der Waals surface area contributed by atoms with E-state index in [4.69, 9.17) is 9.26 Å². The second-order valence-electron chi connectivity index (χ2n) is 4.45. The highest BCUT2D eigenvalue weighted by Gasteiger charge is 2.19. The van der Waals surface area contributed by atoms with Crippen LogP contribution >= 0.6 is 0 Å². The standard InChI is InChI=1S/C12H19N3O3/c1-17-8-10-7-11(15-18-10)12(16)14-6-2-5-13-9-3-4-9/h7,9,13H,2-6,8H2,1H3,(H,14,16). The van der Waals surface area contributed by atoms with Gasteiger partial charge in [-0.3, -0.25) is 4.79 Å². The zero-order chi connectivity index (χ0) is 12.8. The van der Waals surface area contributed by atoms with Crippen LogP contribution in [0.3, 0.4) is 0 Å². The van der Waals surface area contributed by atoms with E-state index in [-0.39, 0.29) is 5.91 Å². The third kappa shape index (κ3) is 4.12. The third-order valence-corrected chi connectivity index (χ3v) is 2.73. The van der Waals surface area contributed by atoms with Gasteiger partial charge >= 0.3 is 0 Å². The van der Waals surface area contributed by atoms with Gasteiger partial charge in [-0.05, 0) is 25.8 Å². The summed E-state index contributed by atoms with van der Waals surface area (Å²) in [6.45, 7) is 1.91. The predicted molar refractivity (Wildman–Crippen MR) is 65.2 cm³/mol. The molecule has 6 nitrogen and oxygen atoms in total. The lowest BCUT2D eigenvalue weighted by molar-refractivity contribution is 0.0943. The molecule has 6 heteroatoms. The molecule has 1 saturated carbocycles. The second kappa shape index (κ2) is 6.51. The number of methoxy groups -OCH3 is 1. The molecule has 1 aliphatic carbocycles. The molecule has 1 amide bonds. The summed E-state index contributed by atoms with van der Waals surface area (Å²) in [4.78, 5) is 11.7. The summed E-state index contributed by atoms with van der Waals surface area (Å²) in [5, 5.41) is 9.88. The zero-order valence-corrected chi connectivity index (χ0v) is 10.6. The fourth-order valence-electron chi connectivity index (χ4n) is 1.60. The van der Waals surface area contributed by atoms with E-state index in [0.29, 0.717) is 30.6 Å². The molecule has 2 N–H and O–H groups in total. The fraction of sp³-hybridized carbons (Fsp3) is 0.667. The summed E-state index contributed by atoms with van der Waals surface area (Å²) >= 11 is 0. The summed E-state index contributed by atoms with van der Waals surface area (Å²) in [5.41, 5.74) is 0.303. The molecule has 0 bridgehead atoms. The van der Waals surface area contributed by atoms with Crippen LogP contribution in [0.4, 0.5) is 0 Å². The number of amides is 1. The molecule has 0 aromatic carbocycles. The Hall–Kier alpha value is -1.40. The molecule has 0 atom stereocenters. The molecular weight excluding hydrogens is 234 g/mol. The number of ether oxygens (including phenoxy) is 1. The summed E-state index contributed by atoms with van der Waals surface area (Å²) in [6, 6.07) is 2.31. The Labute approximate surface area is 106 Å². The van der Waals surface area contributed by atoms with Crippen molar-refractivity contribution >= 4 is 5.91 Å². The zero-order valence-electron chi connectivity index (χ0n) is 10.6.